The second-order valence-electron chi connectivity index (χ2n) is 5.99. The van der Waals surface area contributed by atoms with Crippen LogP contribution in [-0.4, -0.2) is 53.2 Å². The summed E-state index contributed by atoms with van der Waals surface area (Å²) in [6.45, 7) is 6.27. The average Bonchev–Trinajstić information content (AvgIpc) is 2.81. The van der Waals surface area contributed by atoms with E-state index in [9.17, 15) is 9.59 Å². The van der Waals surface area contributed by atoms with Crippen LogP contribution in [0.4, 0.5) is 0 Å². The Labute approximate surface area is 112 Å². The van der Waals surface area contributed by atoms with Crippen molar-refractivity contribution in [1.29, 1.82) is 0 Å². The maximum atomic E-state index is 12.7. The van der Waals surface area contributed by atoms with Gasteiger partial charge in [-0.2, -0.15) is 0 Å². The molecule has 3 N–H and O–H groups in total. The Morgan fingerprint density at radius 3 is 2.63 bits per heavy atom. The summed E-state index contributed by atoms with van der Waals surface area (Å²) < 4.78 is 5.64. The van der Waals surface area contributed by atoms with Gasteiger partial charge < -0.3 is 20.5 Å². The highest BCUT2D eigenvalue weighted by Crippen LogP contribution is 2.58. The van der Waals surface area contributed by atoms with Gasteiger partial charge in [-0.15, -0.1) is 0 Å². The predicted molar refractivity (Wildman–Crippen MR) is 68.4 cm³/mol. The molecule has 3 unspecified atom stereocenters. The number of ether oxygens (including phenoxy) is 1. The maximum absolute atomic E-state index is 12.7. The minimum Gasteiger partial charge on any atom is -0.480 e. The summed E-state index contributed by atoms with van der Waals surface area (Å²) in [5, 5.41) is 8.88. The van der Waals surface area contributed by atoms with Crippen LogP contribution >= 0.6 is 0 Å². The van der Waals surface area contributed by atoms with Crippen molar-refractivity contribution in [2.45, 2.75) is 38.8 Å². The third kappa shape index (κ3) is 1.77. The predicted octanol–water partition coefficient (Wildman–Crippen LogP) is 0.0619. The van der Waals surface area contributed by atoms with Crippen LogP contribution in [0.3, 0.4) is 0 Å². The first-order chi connectivity index (χ1) is 8.76. The summed E-state index contributed by atoms with van der Waals surface area (Å²) in [7, 11) is 0. The van der Waals surface area contributed by atoms with Crippen molar-refractivity contribution in [3.63, 3.8) is 0 Å². The lowest BCUT2D eigenvalue weighted by atomic mass is 9.47. The van der Waals surface area contributed by atoms with Crippen molar-refractivity contribution in [1.82, 2.24) is 4.90 Å². The summed E-state index contributed by atoms with van der Waals surface area (Å²) in [4.78, 5) is 24.8. The van der Waals surface area contributed by atoms with Crippen molar-refractivity contribution in [3.8, 4) is 0 Å². The van der Waals surface area contributed by atoms with E-state index < -0.39 is 16.9 Å². The Morgan fingerprint density at radius 2 is 2.11 bits per heavy atom. The number of carbonyl (C=O) groups is 2. The summed E-state index contributed by atoms with van der Waals surface area (Å²) in [5.41, 5.74) is 4.92. The highest BCUT2D eigenvalue weighted by Gasteiger charge is 2.71. The van der Waals surface area contributed by atoms with E-state index in [0.717, 1.165) is 6.42 Å². The third-order valence-electron chi connectivity index (χ3n) is 4.80. The molecule has 19 heavy (non-hydrogen) atoms. The van der Waals surface area contributed by atoms with Crippen LogP contribution < -0.4 is 5.73 Å². The molecule has 1 aliphatic carbocycles. The second kappa shape index (κ2) is 4.45. The minimum atomic E-state index is -1.02. The lowest BCUT2D eigenvalue weighted by Gasteiger charge is -2.61. The topological polar surface area (TPSA) is 92.9 Å². The second-order valence-corrected chi connectivity index (χ2v) is 5.99. The van der Waals surface area contributed by atoms with Crippen LogP contribution in [-0.2, 0) is 14.3 Å². The van der Waals surface area contributed by atoms with Crippen LogP contribution in [0.2, 0.25) is 0 Å². The summed E-state index contributed by atoms with van der Waals surface area (Å²) >= 11 is 0. The van der Waals surface area contributed by atoms with Gasteiger partial charge in [-0.1, -0.05) is 13.8 Å². The van der Waals surface area contributed by atoms with Crippen LogP contribution in [0.25, 0.3) is 0 Å². The summed E-state index contributed by atoms with van der Waals surface area (Å²) in [6, 6.07) is 0. The van der Waals surface area contributed by atoms with Crippen molar-refractivity contribution < 1.29 is 19.4 Å². The molecule has 0 bridgehead atoms. The molecule has 6 nitrogen and oxygen atoms in total. The normalized spacial score (nSPS) is 35.4. The molecule has 0 aromatic carbocycles. The quantitative estimate of drug-likeness (QED) is 0.753. The number of aliphatic carboxylic acids is 1. The van der Waals surface area contributed by atoms with Crippen LogP contribution in [0, 0.1) is 11.3 Å². The highest BCUT2D eigenvalue weighted by atomic mass is 16.5. The minimum absolute atomic E-state index is 0.00200. The number of rotatable bonds is 4. The Balaban J connectivity index is 2.24. The number of carboxylic acid groups (broad SMARTS) is 1. The molecule has 1 heterocycles. The first-order valence-corrected chi connectivity index (χ1v) is 6.68. The number of nitrogens with zero attached hydrogens (tertiary/aromatic N) is 1. The number of amides is 1. The Kier molecular flexibility index (Phi) is 3.35. The Morgan fingerprint density at radius 1 is 1.47 bits per heavy atom. The van der Waals surface area contributed by atoms with Crippen LogP contribution in [0.15, 0.2) is 0 Å². The SMILES string of the molecule is CCN(CC(=O)O)C(=O)C1(N)C2CCOC2C1(C)C. The molecule has 0 aromatic heterocycles. The van der Waals surface area contributed by atoms with Crippen molar-refractivity contribution in [3.05, 3.63) is 0 Å². The summed E-state index contributed by atoms with van der Waals surface area (Å²) in [6.07, 6.45) is 0.769. The molecular formula is C13H22N2O4. The zero-order chi connectivity index (χ0) is 14.4. The Bertz CT molecular complexity index is 409. The third-order valence-corrected chi connectivity index (χ3v) is 4.80. The molecule has 2 aliphatic rings. The smallest absolute Gasteiger partial charge is 0.323 e. The van der Waals surface area contributed by atoms with E-state index in [4.69, 9.17) is 15.6 Å². The van der Waals surface area contributed by atoms with Gasteiger partial charge in [-0.05, 0) is 13.3 Å². The Hall–Kier alpha value is -1.14. The highest BCUT2D eigenvalue weighted by molar-refractivity contribution is 5.91. The lowest BCUT2D eigenvalue weighted by molar-refractivity contribution is -0.185. The van der Waals surface area contributed by atoms with E-state index in [2.05, 4.69) is 0 Å². The van der Waals surface area contributed by atoms with Gasteiger partial charge in [-0.25, -0.2) is 0 Å². The zero-order valence-corrected chi connectivity index (χ0v) is 11.7. The number of carboxylic acids is 1. The molecule has 6 heteroatoms. The van der Waals surface area contributed by atoms with Gasteiger partial charge in [0.2, 0.25) is 5.91 Å². The number of fused-ring (bicyclic) bond motifs is 1. The monoisotopic (exact) mass is 270 g/mol. The van der Waals surface area contributed by atoms with E-state index in [1.165, 1.54) is 4.90 Å². The fourth-order valence-corrected chi connectivity index (χ4v) is 3.57. The number of hydrogen-bond acceptors (Lipinski definition) is 4. The number of hydrogen-bond donors (Lipinski definition) is 2. The molecule has 0 radical (unpaired) electrons. The van der Waals surface area contributed by atoms with Gasteiger partial charge in [0.1, 0.15) is 12.1 Å². The molecular weight excluding hydrogens is 248 g/mol. The molecule has 108 valence electrons. The van der Waals surface area contributed by atoms with Gasteiger partial charge in [0, 0.05) is 24.5 Å². The van der Waals surface area contributed by atoms with Gasteiger partial charge in [-0.3, -0.25) is 9.59 Å². The molecule has 1 amide bonds. The van der Waals surface area contributed by atoms with Gasteiger partial charge >= 0.3 is 5.97 Å². The van der Waals surface area contributed by atoms with Crippen LogP contribution in [0.5, 0.6) is 0 Å². The molecule has 0 aromatic rings. The lowest BCUT2D eigenvalue weighted by Crippen LogP contribution is -2.80. The van der Waals surface area contributed by atoms with E-state index >= 15 is 0 Å². The molecule has 1 aliphatic heterocycles. The number of nitrogens with two attached hydrogens (primary N) is 1. The first-order valence-electron chi connectivity index (χ1n) is 6.68. The summed E-state index contributed by atoms with van der Waals surface area (Å²) in [5.74, 6) is -1.29. The molecule has 1 saturated carbocycles. The zero-order valence-electron chi connectivity index (χ0n) is 11.7. The first kappa shape index (κ1) is 14.3. The maximum Gasteiger partial charge on any atom is 0.323 e. The van der Waals surface area contributed by atoms with Crippen LogP contribution in [0.1, 0.15) is 27.2 Å². The average molecular weight is 270 g/mol. The standard InChI is InChI=1S/C13H22N2O4/c1-4-15(7-9(16)17)11(18)13(14)8-5-6-19-10(8)12(13,2)3/h8,10H,4-7,14H2,1-3H3,(H,16,17). The van der Waals surface area contributed by atoms with E-state index in [1.54, 1.807) is 6.92 Å². The molecule has 1 saturated heterocycles. The molecule has 2 rings (SSSR count). The molecule has 0 spiro atoms. The van der Waals surface area contributed by atoms with E-state index in [1.807, 2.05) is 13.8 Å². The van der Waals surface area contributed by atoms with Gasteiger partial charge in [0.05, 0.1) is 6.10 Å². The van der Waals surface area contributed by atoms with Crippen molar-refractivity contribution in [2.75, 3.05) is 19.7 Å². The molecule has 3 atom stereocenters. The van der Waals surface area contributed by atoms with Crippen molar-refractivity contribution >= 4 is 11.9 Å². The van der Waals surface area contributed by atoms with E-state index in [-0.39, 0.29) is 24.5 Å². The fraction of sp³-hybridized carbons (Fsp3) is 0.846. The van der Waals surface area contributed by atoms with Crippen molar-refractivity contribution in [2.24, 2.45) is 17.1 Å². The van der Waals surface area contributed by atoms with Gasteiger partial charge in [0.25, 0.3) is 0 Å². The largest absolute Gasteiger partial charge is 0.480 e. The molecule has 2 fully saturated rings. The number of likely N-dealkylation sites (N-methyl/N-ethyl adjacent to an activating group) is 1. The van der Waals surface area contributed by atoms with E-state index in [0.29, 0.717) is 13.2 Å². The fourth-order valence-electron chi connectivity index (χ4n) is 3.57. The number of carbonyl (C=O) groups excluding carboxylic acids is 1. The van der Waals surface area contributed by atoms with Gasteiger partial charge in [0.15, 0.2) is 0 Å².